The number of rotatable bonds is 4. The number of aliphatic hydroxyl groups is 1. The number of nitrogens with two attached hydrogens (primary N) is 1. The largest absolute Gasteiger partial charge is 0.478 e. The molecule has 2 rings (SSSR count). The van der Waals surface area contributed by atoms with Crippen molar-refractivity contribution in [2.45, 2.75) is 44.2 Å². The lowest BCUT2D eigenvalue weighted by Crippen LogP contribution is -2.34. The van der Waals surface area contributed by atoms with Crippen molar-refractivity contribution in [3.8, 4) is 0 Å². The van der Waals surface area contributed by atoms with Crippen LogP contribution in [0.3, 0.4) is 0 Å². The van der Waals surface area contributed by atoms with E-state index in [0.29, 0.717) is 0 Å². The number of hydrogen-bond donors (Lipinski definition) is 3. The van der Waals surface area contributed by atoms with Crippen molar-refractivity contribution >= 4 is 18.4 Å². The van der Waals surface area contributed by atoms with E-state index >= 15 is 0 Å². The molecule has 1 saturated carbocycles. The minimum atomic E-state index is -0.951. The van der Waals surface area contributed by atoms with Gasteiger partial charge in [0, 0.05) is 0 Å². The van der Waals surface area contributed by atoms with E-state index < -0.39 is 18.1 Å². The highest BCUT2D eigenvalue weighted by molar-refractivity contribution is 5.87. The Morgan fingerprint density at radius 1 is 1.15 bits per heavy atom. The number of hydrogen-bond acceptors (Lipinski definition) is 3. The van der Waals surface area contributed by atoms with Crippen molar-refractivity contribution in [1.82, 2.24) is 0 Å². The number of aliphatic hydroxyl groups excluding tert-OH is 1. The first-order chi connectivity index (χ1) is 9.09. The zero-order chi connectivity index (χ0) is 13.8. The quantitative estimate of drug-likeness (QED) is 0.798. The molecule has 20 heavy (non-hydrogen) atoms. The molecule has 4 nitrogen and oxygen atoms in total. The van der Waals surface area contributed by atoms with Crippen LogP contribution in [0.4, 0.5) is 0 Å². The van der Waals surface area contributed by atoms with E-state index in [1.165, 1.54) is 18.6 Å². The molecule has 1 aromatic carbocycles. The lowest BCUT2D eigenvalue weighted by atomic mass is 9.81. The van der Waals surface area contributed by atoms with Gasteiger partial charge in [-0.15, -0.1) is 12.4 Å². The third-order valence-electron chi connectivity index (χ3n) is 4.04. The molecule has 112 valence electrons. The Labute approximate surface area is 125 Å². The van der Waals surface area contributed by atoms with Gasteiger partial charge >= 0.3 is 5.97 Å². The van der Waals surface area contributed by atoms with Gasteiger partial charge in [-0.05, 0) is 36.5 Å². The molecule has 0 amide bonds. The summed E-state index contributed by atoms with van der Waals surface area (Å²) < 4.78 is 0. The molecule has 0 radical (unpaired) electrons. The van der Waals surface area contributed by atoms with Gasteiger partial charge < -0.3 is 15.9 Å². The van der Waals surface area contributed by atoms with Gasteiger partial charge in [-0.2, -0.15) is 0 Å². The Balaban J connectivity index is 0.00000200. The number of halogens is 1. The van der Waals surface area contributed by atoms with Gasteiger partial charge in [0.25, 0.3) is 0 Å². The average molecular weight is 300 g/mol. The van der Waals surface area contributed by atoms with Crippen LogP contribution in [0.15, 0.2) is 24.3 Å². The topological polar surface area (TPSA) is 83.6 Å². The predicted molar refractivity (Wildman–Crippen MR) is 80.2 cm³/mol. The Morgan fingerprint density at radius 3 is 2.20 bits per heavy atom. The van der Waals surface area contributed by atoms with Crippen LogP contribution in [0.5, 0.6) is 0 Å². The van der Waals surface area contributed by atoms with Crippen LogP contribution < -0.4 is 5.73 Å². The van der Waals surface area contributed by atoms with Crippen molar-refractivity contribution < 1.29 is 15.0 Å². The SMILES string of the molecule is Cl.N[C@@H](c1ccc(C(=O)O)cc1)[C@H](O)C1CCCCC1. The van der Waals surface area contributed by atoms with Gasteiger partial charge in [0.2, 0.25) is 0 Å². The van der Waals surface area contributed by atoms with Crippen molar-refractivity contribution in [3.63, 3.8) is 0 Å². The van der Waals surface area contributed by atoms with Gasteiger partial charge in [-0.25, -0.2) is 4.79 Å². The fraction of sp³-hybridized carbons (Fsp3) is 0.533. The van der Waals surface area contributed by atoms with E-state index in [-0.39, 0.29) is 23.9 Å². The minimum absolute atomic E-state index is 0. The molecule has 0 bridgehead atoms. The maximum absolute atomic E-state index is 10.8. The van der Waals surface area contributed by atoms with Gasteiger partial charge in [0.1, 0.15) is 0 Å². The van der Waals surface area contributed by atoms with Crippen molar-refractivity contribution in [3.05, 3.63) is 35.4 Å². The van der Waals surface area contributed by atoms with Gasteiger partial charge in [-0.3, -0.25) is 0 Å². The highest BCUT2D eigenvalue weighted by atomic mass is 35.5. The van der Waals surface area contributed by atoms with Crippen LogP contribution >= 0.6 is 12.4 Å². The summed E-state index contributed by atoms with van der Waals surface area (Å²) in [6.07, 6.45) is 5.07. The van der Waals surface area contributed by atoms with Gasteiger partial charge in [0.05, 0.1) is 17.7 Å². The number of benzene rings is 1. The summed E-state index contributed by atoms with van der Waals surface area (Å²) in [4.78, 5) is 10.8. The fourth-order valence-electron chi connectivity index (χ4n) is 2.81. The Hall–Kier alpha value is -1.10. The number of carboxylic acids is 1. The summed E-state index contributed by atoms with van der Waals surface area (Å²) in [5, 5.41) is 19.2. The summed E-state index contributed by atoms with van der Waals surface area (Å²) >= 11 is 0. The Bertz CT molecular complexity index is 429. The van der Waals surface area contributed by atoms with E-state index in [1.807, 2.05) is 0 Å². The molecular weight excluding hydrogens is 278 g/mol. The first-order valence-electron chi connectivity index (χ1n) is 6.86. The molecule has 1 fully saturated rings. The number of carbonyl (C=O) groups is 1. The molecule has 0 saturated heterocycles. The van der Waals surface area contributed by atoms with Crippen LogP contribution in [-0.4, -0.2) is 22.3 Å². The maximum Gasteiger partial charge on any atom is 0.335 e. The van der Waals surface area contributed by atoms with Crippen LogP contribution in [0.1, 0.15) is 54.1 Å². The standard InChI is InChI=1S/C15H21NO3.ClH/c16-13(14(17)11-4-2-1-3-5-11)10-6-8-12(9-7-10)15(18)19;/h6-9,11,13-14,17H,1-5,16H2,(H,18,19);1H/t13-,14+;/m0./s1. The number of carboxylic acid groups (broad SMARTS) is 1. The monoisotopic (exact) mass is 299 g/mol. The second-order valence-corrected chi connectivity index (χ2v) is 5.34. The summed E-state index contributed by atoms with van der Waals surface area (Å²) in [6.45, 7) is 0. The highest BCUT2D eigenvalue weighted by Gasteiger charge is 2.27. The molecule has 0 aromatic heterocycles. The van der Waals surface area contributed by atoms with Gasteiger partial charge in [0.15, 0.2) is 0 Å². The fourth-order valence-corrected chi connectivity index (χ4v) is 2.81. The Kier molecular flexibility index (Phi) is 6.46. The summed E-state index contributed by atoms with van der Waals surface area (Å²) in [6, 6.07) is 6.02. The average Bonchev–Trinajstić information content (AvgIpc) is 2.46. The normalized spacial score (nSPS) is 18.9. The van der Waals surface area contributed by atoms with E-state index in [9.17, 15) is 9.90 Å². The third kappa shape index (κ3) is 3.95. The molecule has 4 N–H and O–H groups in total. The second-order valence-electron chi connectivity index (χ2n) is 5.34. The molecule has 2 atom stereocenters. The third-order valence-corrected chi connectivity index (χ3v) is 4.04. The van der Waals surface area contributed by atoms with Crippen LogP contribution in [-0.2, 0) is 0 Å². The molecule has 5 heteroatoms. The van der Waals surface area contributed by atoms with Crippen molar-refractivity contribution in [1.29, 1.82) is 0 Å². The van der Waals surface area contributed by atoms with Crippen LogP contribution in [0.2, 0.25) is 0 Å². The molecule has 1 aromatic rings. The molecule has 0 spiro atoms. The summed E-state index contributed by atoms with van der Waals surface area (Å²) in [5.41, 5.74) is 7.13. The zero-order valence-electron chi connectivity index (χ0n) is 11.4. The van der Waals surface area contributed by atoms with E-state index in [1.54, 1.807) is 12.1 Å². The van der Waals surface area contributed by atoms with Crippen molar-refractivity contribution in [2.24, 2.45) is 11.7 Å². The lowest BCUT2D eigenvalue weighted by molar-refractivity contribution is 0.0618. The first-order valence-corrected chi connectivity index (χ1v) is 6.86. The molecular formula is C15H22ClNO3. The molecule has 0 heterocycles. The first kappa shape index (κ1) is 17.0. The molecule has 0 unspecified atom stereocenters. The second kappa shape index (κ2) is 7.62. The minimum Gasteiger partial charge on any atom is -0.478 e. The summed E-state index contributed by atoms with van der Waals surface area (Å²) in [5.74, 6) is -0.684. The summed E-state index contributed by atoms with van der Waals surface area (Å²) in [7, 11) is 0. The van der Waals surface area contributed by atoms with Gasteiger partial charge in [-0.1, -0.05) is 31.4 Å². The molecule has 1 aliphatic carbocycles. The predicted octanol–water partition coefficient (Wildman–Crippen LogP) is 2.75. The number of aromatic carboxylic acids is 1. The molecule has 0 aliphatic heterocycles. The van der Waals surface area contributed by atoms with Crippen molar-refractivity contribution in [2.75, 3.05) is 0 Å². The Morgan fingerprint density at radius 2 is 1.70 bits per heavy atom. The highest BCUT2D eigenvalue weighted by Crippen LogP contribution is 2.31. The lowest BCUT2D eigenvalue weighted by Gasteiger charge is -2.30. The van der Waals surface area contributed by atoms with Crippen LogP contribution in [0, 0.1) is 5.92 Å². The maximum atomic E-state index is 10.8. The zero-order valence-corrected chi connectivity index (χ0v) is 12.2. The van der Waals surface area contributed by atoms with E-state index in [0.717, 1.165) is 31.2 Å². The smallest absolute Gasteiger partial charge is 0.335 e. The van der Waals surface area contributed by atoms with Crippen LogP contribution in [0.25, 0.3) is 0 Å². The van der Waals surface area contributed by atoms with E-state index in [2.05, 4.69) is 0 Å². The van der Waals surface area contributed by atoms with E-state index in [4.69, 9.17) is 10.8 Å². The molecule has 1 aliphatic rings.